The Hall–Kier alpha value is -4.02. The summed E-state index contributed by atoms with van der Waals surface area (Å²) in [5, 5.41) is 10.8. The molecule has 0 aliphatic rings. The zero-order valence-corrected chi connectivity index (χ0v) is 15.7. The number of hydrogen-bond donors (Lipinski definition) is 1. The van der Waals surface area contributed by atoms with E-state index >= 15 is 0 Å². The third-order valence-electron chi connectivity index (χ3n) is 4.41. The maximum atomic E-state index is 12.3. The van der Waals surface area contributed by atoms with Crippen LogP contribution in [0.2, 0.25) is 0 Å². The lowest BCUT2D eigenvalue weighted by Crippen LogP contribution is -2.11. The smallest absolute Gasteiger partial charge is 0.259 e. The van der Waals surface area contributed by atoms with Crippen molar-refractivity contribution in [2.24, 2.45) is 0 Å². The average molecular weight is 396 g/mol. The molecule has 5 rings (SSSR count). The second kappa shape index (κ2) is 6.86. The van der Waals surface area contributed by atoms with Crippen molar-refractivity contribution in [3.8, 4) is 16.8 Å². The van der Waals surface area contributed by atoms with Crippen LogP contribution in [0.5, 0.6) is 0 Å². The summed E-state index contributed by atoms with van der Waals surface area (Å²) in [5.74, 6) is 1.30. The summed E-state index contributed by atoms with van der Waals surface area (Å²) in [7, 11) is 0. The molecule has 3 heterocycles. The molecule has 0 radical (unpaired) electrons. The maximum Gasteiger partial charge on any atom is 0.259 e. The van der Waals surface area contributed by atoms with E-state index in [1.165, 1.54) is 11.3 Å². The third-order valence-corrected chi connectivity index (χ3v) is 5.46. The molecule has 0 saturated carbocycles. The van der Waals surface area contributed by atoms with Gasteiger partial charge in [0.05, 0.1) is 26.7 Å². The summed E-state index contributed by atoms with van der Waals surface area (Å²) in [5.41, 5.74) is 1.36. The normalized spacial score (nSPS) is 11.8. The van der Waals surface area contributed by atoms with Crippen molar-refractivity contribution in [1.82, 2.24) is 15.0 Å². The van der Waals surface area contributed by atoms with E-state index in [9.17, 15) is 10.1 Å². The van der Waals surface area contributed by atoms with Crippen molar-refractivity contribution in [2.45, 2.75) is 0 Å². The highest BCUT2D eigenvalue weighted by Gasteiger charge is 2.12. The number of aromatic nitrogens is 3. The van der Waals surface area contributed by atoms with E-state index in [4.69, 9.17) is 4.42 Å². The molecule has 29 heavy (non-hydrogen) atoms. The molecule has 0 aliphatic heterocycles. The van der Waals surface area contributed by atoms with Gasteiger partial charge in [-0.2, -0.15) is 5.26 Å². The van der Waals surface area contributed by atoms with Crippen LogP contribution < -0.4 is 5.56 Å². The minimum Gasteiger partial charge on any atom is -0.454 e. The standard InChI is InChI=1S/C22H12N4O2S/c23-12-13(20-24-16-6-2-1-5-15(16)21(27)26-20)11-14-9-10-18(28-14)22-25-17-7-3-4-8-19(17)29-22/h1-11H,(H,24,26,27)/b13-11+. The number of thiazole rings is 1. The SMILES string of the molecule is N#C/C(=C\c1ccc(-c2nc3ccccc3s2)o1)c1nc2ccccc2c(=O)[nH]1. The Kier molecular flexibility index (Phi) is 4.04. The molecule has 2 aromatic carbocycles. The summed E-state index contributed by atoms with van der Waals surface area (Å²) < 4.78 is 6.95. The average Bonchev–Trinajstić information content (AvgIpc) is 3.38. The second-order valence-corrected chi connectivity index (χ2v) is 7.32. The first kappa shape index (κ1) is 17.1. The number of fused-ring (bicyclic) bond motifs is 2. The van der Waals surface area contributed by atoms with E-state index in [0.29, 0.717) is 22.4 Å². The number of hydrogen-bond acceptors (Lipinski definition) is 6. The van der Waals surface area contributed by atoms with Crippen molar-refractivity contribution in [1.29, 1.82) is 5.26 Å². The van der Waals surface area contributed by atoms with Crippen LogP contribution in [0, 0.1) is 11.3 Å². The van der Waals surface area contributed by atoms with Gasteiger partial charge in [0.2, 0.25) is 0 Å². The van der Waals surface area contributed by atoms with E-state index < -0.39 is 0 Å². The lowest BCUT2D eigenvalue weighted by molar-refractivity contribution is 0.571. The number of rotatable bonds is 3. The largest absolute Gasteiger partial charge is 0.454 e. The molecule has 0 bridgehead atoms. The van der Waals surface area contributed by atoms with Crippen molar-refractivity contribution in [3.63, 3.8) is 0 Å². The van der Waals surface area contributed by atoms with Crippen LogP contribution in [0.4, 0.5) is 0 Å². The Bertz CT molecular complexity index is 1470. The molecular formula is C22H12N4O2S. The lowest BCUT2D eigenvalue weighted by Gasteiger charge is -2.01. The third kappa shape index (κ3) is 3.12. The van der Waals surface area contributed by atoms with Gasteiger partial charge in [-0.25, -0.2) is 9.97 Å². The monoisotopic (exact) mass is 396 g/mol. The zero-order chi connectivity index (χ0) is 19.8. The summed E-state index contributed by atoms with van der Waals surface area (Å²) in [6.07, 6.45) is 1.56. The highest BCUT2D eigenvalue weighted by atomic mass is 32.1. The highest BCUT2D eigenvalue weighted by molar-refractivity contribution is 7.21. The molecule has 3 aromatic heterocycles. The van der Waals surface area contributed by atoms with Crippen molar-refractivity contribution in [3.05, 3.63) is 82.6 Å². The van der Waals surface area contributed by atoms with Gasteiger partial charge in [-0.3, -0.25) is 4.79 Å². The fourth-order valence-corrected chi connectivity index (χ4v) is 3.96. The first-order valence-corrected chi connectivity index (χ1v) is 9.60. The van der Waals surface area contributed by atoms with E-state index in [0.717, 1.165) is 15.2 Å². The van der Waals surface area contributed by atoms with Crippen LogP contribution in [-0.4, -0.2) is 15.0 Å². The predicted octanol–water partition coefficient (Wildman–Crippen LogP) is 4.86. The minimum atomic E-state index is -0.290. The number of nitrogens with zero attached hydrogens (tertiary/aromatic N) is 3. The number of benzene rings is 2. The Morgan fingerprint density at radius 3 is 2.66 bits per heavy atom. The minimum absolute atomic E-state index is 0.203. The molecule has 0 amide bonds. The maximum absolute atomic E-state index is 12.3. The molecular weight excluding hydrogens is 384 g/mol. The Balaban J connectivity index is 1.54. The van der Waals surface area contributed by atoms with Crippen molar-refractivity contribution in [2.75, 3.05) is 0 Å². The van der Waals surface area contributed by atoms with Crippen LogP contribution in [0.15, 0.2) is 69.9 Å². The molecule has 0 unspecified atom stereocenters. The zero-order valence-electron chi connectivity index (χ0n) is 14.9. The molecule has 0 spiro atoms. The van der Waals surface area contributed by atoms with Gasteiger partial charge < -0.3 is 9.40 Å². The van der Waals surface area contributed by atoms with E-state index in [2.05, 4.69) is 21.0 Å². The molecule has 0 fully saturated rings. The van der Waals surface area contributed by atoms with Crippen LogP contribution in [0.25, 0.3) is 43.5 Å². The fourth-order valence-electron chi connectivity index (χ4n) is 3.03. The summed E-state index contributed by atoms with van der Waals surface area (Å²) >= 11 is 1.54. The number of allylic oxidation sites excluding steroid dienone is 1. The number of furan rings is 1. The Morgan fingerprint density at radius 1 is 1.03 bits per heavy atom. The Morgan fingerprint density at radius 2 is 1.83 bits per heavy atom. The number of para-hydroxylation sites is 2. The summed E-state index contributed by atoms with van der Waals surface area (Å²) in [6.45, 7) is 0. The van der Waals surface area contributed by atoms with Gasteiger partial charge >= 0.3 is 0 Å². The first-order chi connectivity index (χ1) is 14.2. The topological polar surface area (TPSA) is 95.6 Å². The summed E-state index contributed by atoms with van der Waals surface area (Å²) in [4.78, 5) is 23.9. The van der Waals surface area contributed by atoms with Crippen LogP contribution in [-0.2, 0) is 0 Å². The van der Waals surface area contributed by atoms with Gasteiger partial charge in [-0.1, -0.05) is 24.3 Å². The molecule has 0 saturated heterocycles. The van der Waals surface area contributed by atoms with Gasteiger partial charge in [-0.05, 0) is 36.4 Å². The second-order valence-electron chi connectivity index (χ2n) is 6.29. The molecule has 0 atom stereocenters. The van der Waals surface area contributed by atoms with Crippen molar-refractivity contribution < 1.29 is 4.42 Å². The number of nitriles is 1. The van der Waals surface area contributed by atoms with Crippen LogP contribution in [0.3, 0.4) is 0 Å². The van der Waals surface area contributed by atoms with Crippen LogP contribution >= 0.6 is 11.3 Å². The fraction of sp³-hybridized carbons (Fsp3) is 0. The Labute approximate surface area is 168 Å². The lowest BCUT2D eigenvalue weighted by atomic mass is 10.2. The van der Waals surface area contributed by atoms with Gasteiger partial charge in [0, 0.05) is 6.08 Å². The highest BCUT2D eigenvalue weighted by Crippen LogP contribution is 2.31. The molecule has 0 aliphatic carbocycles. The van der Waals surface area contributed by atoms with Gasteiger partial charge in [0.25, 0.3) is 5.56 Å². The van der Waals surface area contributed by atoms with E-state index in [1.54, 1.807) is 36.4 Å². The van der Waals surface area contributed by atoms with Gasteiger partial charge in [0.1, 0.15) is 11.8 Å². The number of nitrogens with one attached hydrogen (secondary N) is 1. The molecule has 6 nitrogen and oxygen atoms in total. The number of H-pyrrole nitrogens is 1. The van der Waals surface area contributed by atoms with Crippen LogP contribution in [0.1, 0.15) is 11.6 Å². The summed E-state index contributed by atoms with van der Waals surface area (Å²) in [6, 6.07) is 20.5. The molecule has 138 valence electrons. The molecule has 5 aromatic rings. The van der Waals surface area contributed by atoms with Crippen molar-refractivity contribution >= 4 is 44.1 Å². The van der Waals surface area contributed by atoms with E-state index in [-0.39, 0.29) is 17.0 Å². The van der Waals surface area contributed by atoms with Gasteiger partial charge in [0.15, 0.2) is 16.6 Å². The van der Waals surface area contributed by atoms with E-state index in [1.807, 2.05) is 30.3 Å². The van der Waals surface area contributed by atoms with Gasteiger partial charge in [-0.15, -0.1) is 11.3 Å². The predicted molar refractivity (Wildman–Crippen MR) is 113 cm³/mol. The molecule has 1 N–H and O–H groups in total. The quantitative estimate of drug-likeness (QED) is 0.440. The first-order valence-electron chi connectivity index (χ1n) is 8.78. The number of aromatic amines is 1. The molecule has 7 heteroatoms.